The number of amides is 1. The number of nitrogens with one attached hydrogen (secondary N) is 1. The molecule has 1 aliphatic heterocycles. The van der Waals surface area contributed by atoms with E-state index in [9.17, 15) is 4.79 Å². The van der Waals surface area contributed by atoms with Crippen LogP contribution in [0.1, 0.15) is 5.56 Å². The van der Waals surface area contributed by atoms with Gasteiger partial charge in [0.1, 0.15) is 11.0 Å². The first-order valence-electron chi connectivity index (χ1n) is 5.86. The molecule has 19 heavy (non-hydrogen) atoms. The number of ether oxygens (including phenoxy) is 1. The molecule has 7 heteroatoms. The molecule has 0 saturated carbocycles. The molecule has 1 aliphatic rings. The lowest BCUT2D eigenvalue weighted by molar-refractivity contribution is -0.133. The smallest absolute Gasteiger partial charge is 0.242 e. The molecule has 1 aromatic heterocycles. The second-order valence-corrected chi connectivity index (χ2v) is 4.41. The fourth-order valence-corrected chi connectivity index (χ4v) is 1.95. The van der Waals surface area contributed by atoms with Crippen molar-refractivity contribution in [3.8, 4) is 6.07 Å². The zero-order chi connectivity index (χ0) is 13.7. The van der Waals surface area contributed by atoms with Crippen molar-refractivity contribution in [2.45, 2.75) is 0 Å². The van der Waals surface area contributed by atoms with Crippen molar-refractivity contribution in [2.24, 2.45) is 0 Å². The number of hydrogen-bond donors (Lipinski definition) is 1. The molecule has 0 atom stereocenters. The Balaban J connectivity index is 1.93. The molecule has 1 fully saturated rings. The number of aromatic nitrogens is 1. The van der Waals surface area contributed by atoms with E-state index in [1.807, 2.05) is 6.07 Å². The van der Waals surface area contributed by atoms with Crippen molar-refractivity contribution in [3.05, 3.63) is 22.8 Å². The zero-order valence-corrected chi connectivity index (χ0v) is 11.0. The Bertz CT molecular complexity index is 509. The summed E-state index contributed by atoms with van der Waals surface area (Å²) in [5.41, 5.74) is 0.404. The van der Waals surface area contributed by atoms with E-state index in [0.717, 1.165) is 0 Å². The van der Waals surface area contributed by atoms with Crippen LogP contribution in [0.25, 0.3) is 0 Å². The van der Waals surface area contributed by atoms with Crippen molar-refractivity contribution in [3.63, 3.8) is 0 Å². The van der Waals surface area contributed by atoms with Crippen molar-refractivity contribution < 1.29 is 9.53 Å². The van der Waals surface area contributed by atoms with E-state index in [4.69, 9.17) is 21.6 Å². The quantitative estimate of drug-likeness (QED) is 0.832. The van der Waals surface area contributed by atoms with Gasteiger partial charge in [-0.2, -0.15) is 5.26 Å². The van der Waals surface area contributed by atoms with E-state index >= 15 is 0 Å². The molecule has 1 aromatic rings. The van der Waals surface area contributed by atoms with E-state index in [1.165, 1.54) is 6.07 Å². The minimum Gasteiger partial charge on any atom is -0.378 e. The standard InChI is InChI=1S/C12H13ClN4O2/c13-10-5-9(7-14)6-11(16-10)15-8-12(18)17-1-3-19-4-2-17/h5-6H,1-4,8H2,(H,15,16). The average Bonchev–Trinajstić information content (AvgIpc) is 2.45. The van der Waals surface area contributed by atoms with Gasteiger partial charge in [0.15, 0.2) is 0 Å². The van der Waals surface area contributed by atoms with Crippen molar-refractivity contribution >= 4 is 23.3 Å². The molecule has 0 unspecified atom stereocenters. The second kappa shape index (κ2) is 6.36. The van der Waals surface area contributed by atoms with Crippen LogP contribution in [0.5, 0.6) is 0 Å². The number of carbonyl (C=O) groups excluding carboxylic acids is 1. The lowest BCUT2D eigenvalue weighted by Gasteiger charge is -2.26. The normalized spacial score (nSPS) is 14.8. The van der Waals surface area contributed by atoms with Gasteiger partial charge < -0.3 is 15.0 Å². The highest BCUT2D eigenvalue weighted by molar-refractivity contribution is 6.29. The third-order valence-corrected chi connectivity index (χ3v) is 2.90. The van der Waals surface area contributed by atoms with Crippen LogP contribution < -0.4 is 5.32 Å². The largest absolute Gasteiger partial charge is 0.378 e. The maximum atomic E-state index is 11.9. The van der Waals surface area contributed by atoms with E-state index < -0.39 is 0 Å². The summed E-state index contributed by atoms with van der Waals surface area (Å²) in [7, 11) is 0. The molecule has 0 spiro atoms. The molecule has 2 rings (SSSR count). The summed E-state index contributed by atoms with van der Waals surface area (Å²) < 4.78 is 5.18. The summed E-state index contributed by atoms with van der Waals surface area (Å²) in [6, 6.07) is 5.01. The van der Waals surface area contributed by atoms with Crippen LogP contribution >= 0.6 is 11.6 Å². The second-order valence-electron chi connectivity index (χ2n) is 4.02. The fraction of sp³-hybridized carbons (Fsp3) is 0.417. The predicted octanol–water partition coefficient (Wildman–Crippen LogP) is 0.877. The molecule has 0 bridgehead atoms. The van der Waals surface area contributed by atoms with Gasteiger partial charge in [0.05, 0.1) is 31.4 Å². The maximum absolute atomic E-state index is 11.9. The van der Waals surface area contributed by atoms with Crippen molar-refractivity contribution in [1.82, 2.24) is 9.88 Å². The van der Waals surface area contributed by atoms with Crippen molar-refractivity contribution in [1.29, 1.82) is 5.26 Å². The van der Waals surface area contributed by atoms with Crippen LogP contribution in [0.15, 0.2) is 12.1 Å². The molecule has 1 saturated heterocycles. The molecular weight excluding hydrogens is 268 g/mol. The van der Waals surface area contributed by atoms with Crippen LogP contribution in [0, 0.1) is 11.3 Å². The summed E-state index contributed by atoms with van der Waals surface area (Å²) in [5, 5.41) is 11.9. The molecule has 0 radical (unpaired) electrons. The molecule has 1 amide bonds. The minimum absolute atomic E-state index is 0.0245. The first-order valence-corrected chi connectivity index (χ1v) is 6.24. The molecule has 6 nitrogen and oxygen atoms in total. The van der Waals surface area contributed by atoms with Gasteiger partial charge >= 0.3 is 0 Å². The van der Waals surface area contributed by atoms with Gasteiger partial charge in [0, 0.05) is 13.1 Å². The van der Waals surface area contributed by atoms with E-state index in [-0.39, 0.29) is 17.6 Å². The first-order chi connectivity index (χ1) is 9.19. The molecule has 100 valence electrons. The average molecular weight is 281 g/mol. The monoisotopic (exact) mass is 280 g/mol. The Hall–Kier alpha value is -1.84. The summed E-state index contributed by atoms with van der Waals surface area (Å²) in [5.74, 6) is 0.397. The first kappa shape index (κ1) is 13.6. The molecule has 0 aliphatic carbocycles. The highest BCUT2D eigenvalue weighted by Crippen LogP contribution is 2.13. The molecule has 0 aromatic carbocycles. The highest BCUT2D eigenvalue weighted by Gasteiger charge is 2.16. The predicted molar refractivity (Wildman–Crippen MR) is 69.9 cm³/mol. The van der Waals surface area contributed by atoms with Gasteiger partial charge in [-0.15, -0.1) is 0 Å². The lowest BCUT2D eigenvalue weighted by atomic mass is 10.3. The summed E-state index contributed by atoms with van der Waals surface area (Å²) >= 11 is 5.78. The minimum atomic E-state index is -0.0245. The van der Waals surface area contributed by atoms with Crippen LogP contribution in [-0.2, 0) is 9.53 Å². The lowest BCUT2D eigenvalue weighted by Crippen LogP contribution is -2.43. The van der Waals surface area contributed by atoms with Crippen LogP contribution in [0.2, 0.25) is 5.15 Å². The summed E-state index contributed by atoms with van der Waals surface area (Å²) in [6.07, 6.45) is 0. The van der Waals surface area contributed by atoms with Crippen LogP contribution in [0.4, 0.5) is 5.82 Å². The fourth-order valence-electron chi connectivity index (χ4n) is 1.74. The molecule has 2 heterocycles. The summed E-state index contributed by atoms with van der Waals surface area (Å²) in [4.78, 5) is 17.6. The maximum Gasteiger partial charge on any atom is 0.242 e. The Morgan fingerprint density at radius 1 is 1.53 bits per heavy atom. The number of halogens is 1. The summed E-state index contributed by atoms with van der Waals surface area (Å²) in [6.45, 7) is 2.47. The third kappa shape index (κ3) is 3.81. The van der Waals surface area contributed by atoms with Gasteiger partial charge in [-0.05, 0) is 12.1 Å². The number of carbonyl (C=O) groups is 1. The Kier molecular flexibility index (Phi) is 4.55. The number of rotatable bonds is 3. The highest BCUT2D eigenvalue weighted by atomic mass is 35.5. The van der Waals surface area contributed by atoms with Crippen LogP contribution in [-0.4, -0.2) is 48.6 Å². The molecule has 1 N–H and O–H groups in total. The number of pyridine rings is 1. The Labute approximate surface area is 115 Å². The van der Waals surface area contributed by atoms with Gasteiger partial charge in [0.2, 0.25) is 5.91 Å². The van der Waals surface area contributed by atoms with Crippen LogP contribution in [0.3, 0.4) is 0 Å². The number of nitrogens with zero attached hydrogens (tertiary/aromatic N) is 3. The third-order valence-electron chi connectivity index (χ3n) is 2.71. The van der Waals surface area contributed by atoms with Gasteiger partial charge in [-0.25, -0.2) is 4.98 Å². The van der Waals surface area contributed by atoms with Gasteiger partial charge in [-0.3, -0.25) is 4.79 Å². The number of nitriles is 1. The van der Waals surface area contributed by atoms with E-state index in [1.54, 1.807) is 11.0 Å². The van der Waals surface area contributed by atoms with E-state index in [0.29, 0.717) is 37.7 Å². The topological polar surface area (TPSA) is 78.2 Å². The SMILES string of the molecule is N#Cc1cc(Cl)nc(NCC(=O)N2CCOCC2)c1. The Morgan fingerprint density at radius 2 is 2.26 bits per heavy atom. The Morgan fingerprint density at radius 3 is 2.95 bits per heavy atom. The zero-order valence-electron chi connectivity index (χ0n) is 10.2. The van der Waals surface area contributed by atoms with Crippen molar-refractivity contribution in [2.75, 3.05) is 38.2 Å². The van der Waals surface area contributed by atoms with Gasteiger partial charge in [0.25, 0.3) is 0 Å². The number of anilines is 1. The number of morpholine rings is 1. The van der Waals surface area contributed by atoms with E-state index in [2.05, 4.69) is 10.3 Å². The number of hydrogen-bond acceptors (Lipinski definition) is 5. The van der Waals surface area contributed by atoms with Gasteiger partial charge in [-0.1, -0.05) is 11.6 Å². The molecular formula is C12H13ClN4O2.